The molecule has 0 spiro atoms. The largest absolute Gasteiger partial charge is 0 e. The molecule has 0 aromatic heterocycles. The summed E-state index contributed by atoms with van der Waals surface area (Å²) in [6, 6.07) is 0. The molecule has 16 heavy (non-hydrogen) atoms. The number of rotatable bonds is 7. The van der Waals surface area contributed by atoms with Crippen molar-refractivity contribution in [1.29, 1.82) is 0 Å². The molecule has 1 radical (unpaired) electrons. The molecule has 0 saturated carbocycles. The molecule has 1 aliphatic rings. The van der Waals surface area contributed by atoms with Crippen molar-refractivity contribution in [2.24, 2.45) is 0 Å². The Labute approximate surface area is 123 Å². The Morgan fingerprint density at radius 2 is 1.94 bits per heavy atom. The van der Waals surface area contributed by atoms with E-state index in [1.807, 2.05) is 23.1 Å². The van der Waals surface area contributed by atoms with Crippen LogP contribution in [0.25, 0.3) is 0 Å². The summed E-state index contributed by atoms with van der Waals surface area (Å²) in [7, 11) is 0. The van der Waals surface area contributed by atoms with Crippen molar-refractivity contribution in [3.05, 3.63) is 0 Å². The summed E-state index contributed by atoms with van der Waals surface area (Å²) in [4.78, 5) is 0. The smallest absolute Gasteiger partial charge is 0 e. The topological polar surface area (TPSA) is 30.5 Å². The van der Waals surface area contributed by atoms with Gasteiger partial charge in [-0.25, -0.2) is 0 Å². The van der Waals surface area contributed by atoms with E-state index in [-0.39, 0.29) is 22.4 Å². The van der Waals surface area contributed by atoms with Gasteiger partial charge in [-0.15, -0.1) is 0 Å². The second-order valence-corrected chi connectivity index (χ2v) is 10.5. The van der Waals surface area contributed by atoms with Gasteiger partial charge in [-0.2, -0.15) is 0 Å². The molecule has 0 aliphatic carbocycles. The standard InChI is InChI=1S/C9H22NO2PS2.Au/c1-4-11-13(12-5-2,15-6-3)9-10-7-8-14-9;/h9-10,13H,4-8H2,1-3H3;. The first-order valence-electron chi connectivity index (χ1n) is 5.55. The van der Waals surface area contributed by atoms with Crippen LogP contribution in [-0.4, -0.2) is 36.4 Å². The molecule has 1 atom stereocenters. The fourth-order valence-corrected chi connectivity index (χ4v) is 10.5. The van der Waals surface area contributed by atoms with Gasteiger partial charge in [0.1, 0.15) is 0 Å². The van der Waals surface area contributed by atoms with Gasteiger partial charge in [-0.1, -0.05) is 0 Å². The maximum atomic E-state index is 5.99. The Balaban J connectivity index is 0.00000225. The normalized spacial score (nSPS) is 21.8. The number of thioether (sulfide) groups is 1. The van der Waals surface area contributed by atoms with Gasteiger partial charge >= 0.3 is 102 Å². The van der Waals surface area contributed by atoms with Gasteiger partial charge in [0.05, 0.1) is 0 Å². The maximum Gasteiger partial charge on any atom is 0 e. The van der Waals surface area contributed by atoms with E-state index in [1.165, 1.54) is 5.75 Å². The van der Waals surface area contributed by atoms with E-state index in [0.717, 1.165) is 25.5 Å². The van der Waals surface area contributed by atoms with Crippen molar-refractivity contribution in [3.63, 3.8) is 0 Å². The monoisotopic (exact) mass is 468 g/mol. The van der Waals surface area contributed by atoms with Crippen molar-refractivity contribution in [1.82, 2.24) is 5.32 Å². The Morgan fingerprint density at radius 1 is 1.31 bits per heavy atom. The summed E-state index contributed by atoms with van der Waals surface area (Å²) < 4.78 is 12.0. The predicted molar refractivity (Wildman–Crippen MR) is 73.9 cm³/mol. The minimum atomic E-state index is -2.09. The molecule has 1 N–H and O–H groups in total. The van der Waals surface area contributed by atoms with Gasteiger partial charge in [0.2, 0.25) is 0 Å². The van der Waals surface area contributed by atoms with Crippen LogP contribution < -0.4 is 5.32 Å². The number of hydrogen-bond acceptors (Lipinski definition) is 5. The van der Waals surface area contributed by atoms with E-state index in [1.54, 1.807) is 0 Å². The van der Waals surface area contributed by atoms with Crippen LogP contribution in [0.4, 0.5) is 0 Å². The molecule has 1 heterocycles. The van der Waals surface area contributed by atoms with E-state index < -0.39 is 6.92 Å². The third kappa shape index (κ3) is 4.79. The molecule has 0 aromatic carbocycles. The van der Waals surface area contributed by atoms with Crippen LogP contribution in [0.3, 0.4) is 0 Å². The summed E-state index contributed by atoms with van der Waals surface area (Å²) in [6.45, 7) is 6.75. The Morgan fingerprint density at radius 3 is 2.31 bits per heavy atom. The average molecular weight is 468 g/mol. The second-order valence-electron chi connectivity index (χ2n) is 3.11. The first-order chi connectivity index (χ1) is 7.29. The van der Waals surface area contributed by atoms with Crippen LogP contribution in [-0.2, 0) is 31.4 Å². The van der Waals surface area contributed by atoms with E-state index in [4.69, 9.17) is 9.05 Å². The fraction of sp³-hybridized carbons (Fsp3) is 1.00. The zero-order valence-electron chi connectivity index (χ0n) is 10.0. The molecule has 1 aliphatic heterocycles. The van der Waals surface area contributed by atoms with Crippen LogP contribution in [0.5, 0.6) is 0 Å². The van der Waals surface area contributed by atoms with Crippen LogP contribution in [0.2, 0.25) is 0 Å². The molecule has 0 bridgehead atoms. The number of nitrogens with one attached hydrogen (secondary N) is 1. The van der Waals surface area contributed by atoms with Crippen LogP contribution in [0, 0.1) is 0 Å². The molecule has 3 nitrogen and oxygen atoms in total. The van der Waals surface area contributed by atoms with Gasteiger partial charge < -0.3 is 0 Å². The zero-order valence-corrected chi connectivity index (χ0v) is 14.8. The van der Waals surface area contributed by atoms with Crippen LogP contribution >= 0.6 is 30.1 Å². The molecular weight excluding hydrogens is 446 g/mol. The van der Waals surface area contributed by atoms with E-state index in [0.29, 0.717) is 5.11 Å². The summed E-state index contributed by atoms with van der Waals surface area (Å²) >= 11 is 3.83. The third-order valence-electron chi connectivity index (χ3n) is 2.07. The van der Waals surface area contributed by atoms with Gasteiger partial charge in [-0.3, -0.25) is 0 Å². The molecule has 1 saturated heterocycles. The Bertz CT molecular complexity index is 168. The molecule has 103 valence electrons. The first-order valence-corrected chi connectivity index (χ1v) is 10.2. The van der Waals surface area contributed by atoms with E-state index in [2.05, 4.69) is 26.1 Å². The summed E-state index contributed by atoms with van der Waals surface area (Å²) in [5.74, 6) is 2.23. The Kier molecular flexibility index (Phi) is 10.7. The third-order valence-corrected chi connectivity index (χ3v) is 11.3. The maximum absolute atomic E-state index is 5.99. The van der Waals surface area contributed by atoms with Gasteiger partial charge in [0.25, 0.3) is 0 Å². The molecule has 7 heteroatoms. The van der Waals surface area contributed by atoms with Gasteiger partial charge in [-0.05, 0) is 0 Å². The molecule has 1 unspecified atom stereocenters. The Hall–Kier alpha value is 1.75. The quantitative estimate of drug-likeness (QED) is 0.459. The minimum Gasteiger partial charge on any atom is 0 e. The minimum absolute atomic E-state index is 0. The number of hydrogen-bond donors (Lipinski definition) is 1. The van der Waals surface area contributed by atoms with Gasteiger partial charge in [0.15, 0.2) is 0 Å². The SMILES string of the molecule is CCO[PH](OCC)(SCC)C1NCCS1.[Au]. The predicted octanol–water partition coefficient (Wildman–Crippen LogP) is 2.92. The summed E-state index contributed by atoms with van der Waals surface area (Å²) in [5, 5.41) is 3.90. The van der Waals surface area contributed by atoms with Crippen molar-refractivity contribution in [2.45, 2.75) is 25.9 Å². The van der Waals surface area contributed by atoms with Crippen molar-refractivity contribution < 1.29 is 31.4 Å². The fourth-order valence-electron chi connectivity index (χ4n) is 1.61. The van der Waals surface area contributed by atoms with Crippen molar-refractivity contribution in [3.8, 4) is 0 Å². The average Bonchev–Trinajstić information content (AvgIpc) is 2.72. The second kappa shape index (κ2) is 9.65. The molecule has 1 fully saturated rings. The zero-order chi connectivity index (χ0) is 11.1. The summed E-state index contributed by atoms with van der Waals surface area (Å²) in [6.07, 6.45) is 0. The van der Waals surface area contributed by atoms with Gasteiger partial charge in [0, 0.05) is 22.4 Å². The van der Waals surface area contributed by atoms with Crippen molar-refractivity contribution >= 4 is 30.1 Å². The van der Waals surface area contributed by atoms with E-state index in [9.17, 15) is 0 Å². The van der Waals surface area contributed by atoms with E-state index >= 15 is 0 Å². The first kappa shape index (κ1) is 17.8. The molecule has 1 rings (SSSR count). The molecule has 0 aromatic rings. The molecule has 0 amide bonds. The van der Waals surface area contributed by atoms with Crippen LogP contribution in [0.1, 0.15) is 20.8 Å². The molecular formula is C9H22AuNO2PS2. The summed E-state index contributed by atoms with van der Waals surface area (Å²) in [5.41, 5.74) is 0. The van der Waals surface area contributed by atoms with Crippen molar-refractivity contribution in [2.75, 3.05) is 31.3 Å². The van der Waals surface area contributed by atoms with Crippen LogP contribution in [0.15, 0.2) is 0 Å².